The van der Waals surface area contributed by atoms with Gasteiger partial charge in [-0.25, -0.2) is 0 Å². The molecule has 1 rings (SSSR count). The summed E-state index contributed by atoms with van der Waals surface area (Å²) in [6.45, 7) is 2.21. The van der Waals surface area contributed by atoms with Crippen molar-refractivity contribution < 1.29 is 4.74 Å². The van der Waals surface area contributed by atoms with Gasteiger partial charge in [0.2, 0.25) is 0 Å². The molecule has 0 aromatic carbocycles. The average Bonchev–Trinajstić information content (AvgIpc) is 2.25. The minimum Gasteiger partial charge on any atom is -0.468 e. The molecule has 1 fully saturated rings. The van der Waals surface area contributed by atoms with E-state index in [0.717, 1.165) is 6.42 Å². The standard InChI is InChI=1S/C12H23NOS/c1-2-3-9-11(14-12(13)15)10-7-5-4-6-8-10/h10-11H,2-9H2,1H3,(H2,13,15). The van der Waals surface area contributed by atoms with Gasteiger partial charge >= 0.3 is 0 Å². The van der Waals surface area contributed by atoms with Gasteiger partial charge in [-0.05, 0) is 37.4 Å². The third kappa shape index (κ3) is 4.83. The summed E-state index contributed by atoms with van der Waals surface area (Å²) in [6.07, 6.45) is 10.5. The number of ether oxygens (including phenoxy) is 1. The first-order chi connectivity index (χ1) is 7.24. The Bertz CT molecular complexity index is 190. The molecule has 0 radical (unpaired) electrons. The van der Waals surface area contributed by atoms with E-state index in [-0.39, 0.29) is 11.3 Å². The van der Waals surface area contributed by atoms with Gasteiger partial charge in [0.25, 0.3) is 5.17 Å². The molecule has 0 aromatic heterocycles. The lowest BCUT2D eigenvalue weighted by Crippen LogP contribution is -2.30. The Labute approximate surface area is 98.6 Å². The van der Waals surface area contributed by atoms with Crippen molar-refractivity contribution in [2.45, 2.75) is 64.4 Å². The minimum absolute atomic E-state index is 0.224. The van der Waals surface area contributed by atoms with Gasteiger partial charge in [0, 0.05) is 0 Å². The Morgan fingerprint density at radius 3 is 2.60 bits per heavy atom. The van der Waals surface area contributed by atoms with E-state index in [1.54, 1.807) is 0 Å². The molecule has 0 heterocycles. The highest BCUT2D eigenvalue weighted by molar-refractivity contribution is 7.80. The Morgan fingerprint density at radius 2 is 2.07 bits per heavy atom. The zero-order chi connectivity index (χ0) is 11.1. The summed E-state index contributed by atoms with van der Waals surface area (Å²) in [5.74, 6) is 0.687. The Balaban J connectivity index is 2.41. The molecule has 1 aliphatic rings. The zero-order valence-electron chi connectivity index (χ0n) is 9.71. The second-order valence-corrected chi connectivity index (χ2v) is 4.92. The maximum atomic E-state index is 5.60. The molecule has 1 unspecified atom stereocenters. The van der Waals surface area contributed by atoms with E-state index in [9.17, 15) is 0 Å². The predicted molar refractivity (Wildman–Crippen MR) is 67.8 cm³/mol. The molecule has 0 aromatic rings. The third-order valence-electron chi connectivity index (χ3n) is 3.29. The molecule has 1 saturated carbocycles. The molecule has 1 aliphatic carbocycles. The van der Waals surface area contributed by atoms with Gasteiger partial charge in [0.05, 0.1) is 0 Å². The van der Waals surface area contributed by atoms with Crippen molar-refractivity contribution in [2.24, 2.45) is 11.7 Å². The molecular weight excluding hydrogens is 206 g/mol. The number of thiocarbonyl (C=S) groups is 1. The number of rotatable bonds is 5. The van der Waals surface area contributed by atoms with Gasteiger partial charge < -0.3 is 10.5 Å². The number of hydrogen-bond donors (Lipinski definition) is 1. The Morgan fingerprint density at radius 1 is 1.40 bits per heavy atom. The Hall–Kier alpha value is -0.310. The van der Waals surface area contributed by atoms with E-state index in [4.69, 9.17) is 22.7 Å². The maximum absolute atomic E-state index is 5.60. The van der Waals surface area contributed by atoms with Crippen LogP contribution in [-0.4, -0.2) is 11.3 Å². The van der Waals surface area contributed by atoms with E-state index in [2.05, 4.69) is 6.92 Å². The van der Waals surface area contributed by atoms with Crippen LogP contribution in [0.4, 0.5) is 0 Å². The smallest absolute Gasteiger partial charge is 0.254 e. The first kappa shape index (κ1) is 12.8. The lowest BCUT2D eigenvalue weighted by Gasteiger charge is -2.30. The molecule has 3 heteroatoms. The van der Waals surface area contributed by atoms with Crippen LogP contribution in [-0.2, 0) is 4.74 Å². The van der Waals surface area contributed by atoms with E-state index in [0.29, 0.717) is 5.92 Å². The van der Waals surface area contributed by atoms with Gasteiger partial charge in [-0.3, -0.25) is 0 Å². The van der Waals surface area contributed by atoms with E-state index >= 15 is 0 Å². The second kappa shape index (κ2) is 7.04. The monoisotopic (exact) mass is 229 g/mol. The molecule has 0 saturated heterocycles. The zero-order valence-corrected chi connectivity index (χ0v) is 10.5. The van der Waals surface area contributed by atoms with Crippen molar-refractivity contribution in [3.8, 4) is 0 Å². The average molecular weight is 229 g/mol. The Kier molecular flexibility index (Phi) is 5.99. The number of hydrogen-bond acceptors (Lipinski definition) is 2. The maximum Gasteiger partial charge on any atom is 0.254 e. The first-order valence-electron chi connectivity index (χ1n) is 6.20. The molecular formula is C12H23NOS. The van der Waals surface area contributed by atoms with Gasteiger partial charge in [-0.2, -0.15) is 0 Å². The summed E-state index contributed by atoms with van der Waals surface area (Å²) in [5, 5.41) is 0.224. The fourth-order valence-corrected chi connectivity index (χ4v) is 2.57. The van der Waals surface area contributed by atoms with Crippen LogP contribution in [0.1, 0.15) is 58.3 Å². The topological polar surface area (TPSA) is 35.2 Å². The van der Waals surface area contributed by atoms with Gasteiger partial charge in [0.15, 0.2) is 0 Å². The number of nitrogens with two attached hydrogens (primary N) is 1. The largest absolute Gasteiger partial charge is 0.468 e. The summed E-state index contributed by atoms with van der Waals surface area (Å²) < 4.78 is 5.60. The SMILES string of the molecule is CCCCC(OC(N)=S)C1CCCCC1. The fraction of sp³-hybridized carbons (Fsp3) is 0.917. The lowest BCUT2D eigenvalue weighted by atomic mass is 9.83. The molecule has 0 amide bonds. The van der Waals surface area contributed by atoms with Crippen LogP contribution in [0.15, 0.2) is 0 Å². The normalized spacial score (nSPS) is 19.8. The van der Waals surface area contributed by atoms with Gasteiger partial charge in [-0.1, -0.05) is 39.0 Å². The third-order valence-corrected chi connectivity index (χ3v) is 3.38. The summed E-state index contributed by atoms with van der Waals surface area (Å²) in [5.41, 5.74) is 5.48. The van der Waals surface area contributed by atoms with Crippen molar-refractivity contribution in [3.63, 3.8) is 0 Å². The molecule has 0 spiro atoms. The van der Waals surface area contributed by atoms with Crippen molar-refractivity contribution in [1.29, 1.82) is 0 Å². The molecule has 88 valence electrons. The van der Waals surface area contributed by atoms with Crippen LogP contribution in [0.3, 0.4) is 0 Å². The highest BCUT2D eigenvalue weighted by Gasteiger charge is 2.24. The van der Waals surface area contributed by atoms with E-state index < -0.39 is 0 Å². The quantitative estimate of drug-likeness (QED) is 0.734. The highest BCUT2D eigenvalue weighted by Crippen LogP contribution is 2.30. The highest BCUT2D eigenvalue weighted by atomic mass is 32.1. The van der Waals surface area contributed by atoms with Crippen LogP contribution >= 0.6 is 12.2 Å². The number of unbranched alkanes of at least 4 members (excludes halogenated alkanes) is 1. The molecule has 15 heavy (non-hydrogen) atoms. The molecule has 2 N–H and O–H groups in total. The van der Waals surface area contributed by atoms with Crippen LogP contribution < -0.4 is 5.73 Å². The predicted octanol–water partition coefficient (Wildman–Crippen LogP) is 3.39. The van der Waals surface area contributed by atoms with E-state index in [1.165, 1.54) is 44.9 Å². The molecule has 0 bridgehead atoms. The van der Waals surface area contributed by atoms with Gasteiger partial charge in [0.1, 0.15) is 6.10 Å². The van der Waals surface area contributed by atoms with Gasteiger partial charge in [-0.15, -0.1) is 0 Å². The van der Waals surface area contributed by atoms with Crippen molar-refractivity contribution in [3.05, 3.63) is 0 Å². The van der Waals surface area contributed by atoms with Crippen molar-refractivity contribution >= 4 is 17.4 Å². The summed E-state index contributed by atoms with van der Waals surface area (Å²) in [6, 6.07) is 0. The van der Waals surface area contributed by atoms with Crippen LogP contribution in [0.25, 0.3) is 0 Å². The van der Waals surface area contributed by atoms with Crippen molar-refractivity contribution in [2.75, 3.05) is 0 Å². The summed E-state index contributed by atoms with van der Waals surface area (Å²) >= 11 is 4.85. The summed E-state index contributed by atoms with van der Waals surface area (Å²) in [4.78, 5) is 0. The molecule has 1 atom stereocenters. The van der Waals surface area contributed by atoms with Crippen molar-refractivity contribution in [1.82, 2.24) is 0 Å². The van der Waals surface area contributed by atoms with E-state index in [1.807, 2.05) is 0 Å². The minimum atomic E-state index is 0.224. The second-order valence-electron chi connectivity index (χ2n) is 4.52. The van der Waals surface area contributed by atoms with Crippen LogP contribution in [0.5, 0.6) is 0 Å². The lowest BCUT2D eigenvalue weighted by molar-refractivity contribution is 0.0887. The van der Waals surface area contributed by atoms with Crippen LogP contribution in [0, 0.1) is 5.92 Å². The summed E-state index contributed by atoms with van der Waals surface area (Å²) in [7, 11) is 0. The van der Waals surface area contributed by atoms with Crippen LogP contribution in [0.2, 0.25) is 0 Å². The first-order valence-corrected chi connectivity index (χ1v) is 6.61. The fourth-order valence-electron chi connectivity index (χ4n) is 2.45. The molecule has 2 nitrogen and oxygen atoms in total. The molecule has 0 aliphatic heterocycles.